The van der Waals surface area contributed by atoms with Crippen molar-refractivity contribution in [2.75, 3.05) is 0 Å². The fourth-order valence-electron chi connectivity index (χ4n) is 0.972. The van der Waals surface area contributed by atoms with Gasteiger partial charge < -0.3 is 0 Å². The first-order valence-corrected chi connectivity index (χ1v) is 4.05. The Labute approximate surface area is 87.1 Å². The van der Waals surface area contributed by atoms with Gasteiger partial charge in [-0.15, -0.1) is 11.5 Å². The molecule has 1 aromatic heterocycles. The minimum absolute atomic E-state index is 0.308. The molecule has 0 radical (unpaired) electrons. The van der Waals surface area contributed by atoms with Gasteiger partial charge in [-0.25, -0.2) is 4.79 Å². The van der Waals surface area contributed by atoms with Gasteiger partial charge in [0.1, 0.15) is 6.04 Å². The van der Waals surface area contributed by atoms with Crippen molar-refractivity contribution in [2.24, 2.45) is 0 Å². The van der Waals surface area contributed by atoms with Crippen LogP contribution in [0.4, 0.5) is 13.2 Å². The maximum Gasteiger partial charge on any atom is 0.353 e. The standard InChI is InChI=1S/C8H6F3N3O2/c1-3-4(2)14-8(16)13(7(10)11)6(15)5(9)12-14/h1,4,7H,2H3. The first kappa shape index (κ1) is 12.0. The van der Waals surface area contributed by atoms with E-state index >= 15 is 0 Å². The first-order chi connectivity index (χ1) is 7.40. The van der Waals surface area contributed by atoms with E-state index in [-0.39, 0.29) is 0 Å². The minimum Gasteiger partial charge on any atom is -0.264 e. The molecule has 8 heteroatoms. The molecule has 1 aromatic rings. The zero-order valence-electron chi connectivity index (χ0n) is 8.02. The molecule has 1 heterocycles. The van der Waals surface area contributed by atoms with E-state index in [1.807, 2.05) is 5.92 Å². The van der Waals surface area contributed by atoms with Gasteiger partial charge in [-0.05, 0) is 6.92 Å². The molecule has 0 N–H and O–H groups in total. The van der Waals surface area contributed by atoms with Crippen LogP contribution in [0.2, 0.25) is 0 Å². The average molecular weight is 233 g/mol. The molecule has 0 saturated heterocycles. The van der Waals surface area contributed by atoms with Crippen molar-refractivity contribution in [1.29, 1.82) is 0 Å². The quantitative estimate of drug-likeness (QED) is 0.682. The molecular formula is C8H6F3N3O2. The molecule has 0 bridgehead atoms. The summed E-state index contributed by atoms with van der Waals surface area (Å²) < 4.78 is 37.3. The van der Waals surface area contributed by atoms with E-state index in [4.69, 9.17) is 6.42 Å². The molecule has 1 atom stereocenters. The Morgan fingerprint density at radius 1 is 1.44 bits per heavy atom. The molecule has 0 spiro atoms. The van der Waals surface area contributed by atoms with Gasteiger partial charge in [0.15, 0.2) is 0 Å². The Bertz CT molecular complexity index is 555. The number of rotatable bonds is 2. The molecule has 0 amide bonds. The Hall–Kier alpha value is -2.04. The monoisotopic (exact) mass is 233 g/mol. The molecular weight excluding hydrogens is 227 g/mol. The van der Waals surface area contributed by atoms with Crippen LogP contribution in [0.1, 0.15) is 19.5 Å². The number of hydrogen-bond donors (Lipinski definition) is 0. The Balaban J connectivity index is 3.66. The summed E-state index contributed by atoms with van der Waals surface area (Å²) in [4.78, 5) is 22.2. The third-order valence-corrected chi connectivity index (χ3v) is 1.80. The summed E-state index contributed by atoms with van der Waals surface area (Å²) in [7, 11) is 0. The zero-order valence-corrected chi connectivity index (χ0v) is 8.02. The zero-order chi connectivity index (χ0) is 12.5. The Kier molecular flexibility index (Phi) is 3.17. The first-order valence-electron chi connectivity index (χ1n) is 4.05. The maximum atomic E-state index is 12.9. The van der Waals surface area contributed by atoms with Crippen molar-refractivity contribution in [3.8, 4) is 12.3 Å². The number of hydrogen-bond acceptors (Lipinski definition) is 3. The van der Waals surface area contributed by atoms with Gasteiger partial charge in [0.25, 0.3) is 5.95 Å². The number of alkyl halides is 2. The molecule has 1 rings (SSSR count). The number of aromatic nitrogens is 3. The molecule has 0 aliphatic rings. The summed E-state index contributed by atoms with van der Waals surface area (Å²) in [5.74, 6) is 0.302. The molecule has 0 aromatic carbocycles. The lowest BCUT2D eigenvalue weighted by atomic mass is 10.4. The lowest BCUT2D eigenvalue weighted by molar-refractivity contribution is 0.0555. The SMILES string of the molecule is C#CC(C)n1nc(F)c(=O)n(C(F)F)c1=O. The van der Waals surface area contributed by atoms with Crippen molar-refractivity contribution in [1.82, 2.24) is 14.3 Å². The summed E-state index contributed by atoms with van der Waals surface area (Å²) in [6.07, 6.45) is 4.94. The van der Waals surface area contributed by atoms with Crippen LogP contribution in [0.3, 0.4) is 0 Å². The molecule has 0 fully saturated rings. The van der Waals surface area contributed by atoms with E-state index in [1.165, 1.54) is 6.92 Å². The normalized spacial score (nSPS) is 12.5. The number of nitrogens with zero attached hydrogens (tertiary/aromatic N) is 3. The maximum absolute atomic E-state index is 12.9. The van der Waals surface area contributed by atoms with Gasteiger partial charge in [0.05, 0.1) is 0 Å². The average Bonchev–Trinajstić information content (AvgIpc) is 2.22. The highest BCUT2D eigenvalue weighted by Gasteiger charge is 2.20. The second kappa shape index (κ2) is 4.22. The van der Waals surface area contributed by atoms with Gasteiger partial charge in [0, 0.05) is 0 Å². The number of halogens is 3. The van der Waals surface area contributed by atoms with E-state index in [2.05, 4.69) is 5.10 Å². The third kappa shape index (κ3) is 1.84. The van der Waals surface area contributed by atoms with E-state index in [1.54, 1.807) is 0 Å². The highest BCUT2D eigenvalue weighted by Crippen LogP contribution is 2.03. The summed E-state index contributed by atoms with van der Waals surface area (Å²) >= 11 is 0. The Morgan fingerprint density at radius 2 is 2.00 bits per heavy atom. The van der Waals surface area contributed by atoms with Crippen molar-refractivity contribution in [3.63, 3.8) is 0 Å². The van der Waals surface area contributed by atoms with Crippen molar-refractivity contribution in [3.05, 3.63) is 26.8 Å². The van der Waals surface area contributed by atoms with Gasteiger partial charge in [-0.2, -0.15) is 22.4 Å². The van der Waals surface area contributed by atoms with E-state index < -0.39 is 34.4 Å². The second-order valence-electron chi connectivity index (χ2n) is 2.81. The molecule has 0 aliphatic heterocycles. The third-order valence-electron chi connectivity index (χ3n) is 1.80. The lowest BCUT2D eigenvalue weighted by Crippen LogP contribution is -2.44. The molecule has 0 aliphatic carbocycles. The highest BCUT2D eigenvalue weighted by molar-refractivity contribution is 4.95. The molecule has 16 heavy (non-hydrogen) atoms. The number of terminal acetylenes is 1. The van der Waals surface area contributed by atoms with Gasteiger partial charge in [-0.1, -0.05) is 5.92 Å². The van der Waals surface area contributed by atoms with Crippen molar-refractivity contribution < 1.29 is 13.2 Å². The lowest BCUT2D eigenvalue weighted by Gasteiger charge is -2.10. The topological polar surface area (TPSA) is 56.9 Å². The predicted octanol–water partition coefficient (Wildman–Crippen LogP) is 0.133. The van der Waals surface area contributed by atoms with E-state index in [0.29, 0.717) is 4.68 Å². The Morgan fingerprint density at radius 3 is 2.44 bits per heavy atom. The van der Waals surface area contributed by atoms with Crippen LogP contribution in [-0.4, -0.2) is 14.3 Å². The van der Waals surface area contributed by atoms with Crippen LogP contribution in [0, 0.1) is 18.3 Å². The molecule has 5 nitrogen and oxygen atoms in total. The van der Waals surface area contributed by atoms with Crippen LogP contribution in [0.25, 0.3) is 0 Å². The summed E-state index contributed by atoms with van der Waals surface area (Å²) in [5.41, 5.74) is -3.23. The summed E-state index contributed by atoms with van der Waals surface area (Å²) in [6.45, 7) is -2.18. The molecule has 86 valence electrons. The minimum atomic E-state index is -3.45. The van der Waals surface area contributed by atoms with Gasteiger partial charge >= 0.3 is 17.8 Å². The largest absolute Gasteiger partial charge is 0.353 e. The summed E-state index contributed by atoms with van der Waals surface area (Å²) in [6, 6.07) is -1.03. The van der Waals surface area contributed by atoms with Crippen LogP contribution < -0.4 is 11.2 Å². The van der Waals surface area contributed by atoms with Crippen molar-refractivity contribution >= 4 is 0 Å². The van der Waals surface area contributed by atoms with Crippen LogP contribution in [-0.2, 0) is 0 Å². The van der Waals surface area contributed by atoms with Crippen LogP contribution >= 0.6 is 0 Å². The van der Waals surface area contributed by atoms with Gasteiger partial charge in [0.2, 0.25) is 0 Å². The van der Waals surface area contributed by atoms with Crippen LogP contribution in [0.15, 0.2) is 9.59 Å². The van der Waals surface area contributed by atoms with Crippen molar-refractivity contribution in [2.45, 2.75) is 19.5 Å². The highest BCUT2D eigenvalue weighted by atomic mass is 19.3. The summed E-state index contributed by atoms with van der Waals surface area (Å²) in [5, 5.41) is 2.91. The predicted molar refractivity (Wildman–Crippen MR) is 47.5 cm³/mol. The fourth-order valence-corrected chi connectivity index (χ4v) is 0.972. The van der Waals surface area contributed by atoms with E-state index in [0.717, 1.165) is 0 Å². The molecule has 1 unspecified atom stereocenters. The van der Waals surface area contributed by atoms with Crippen LogP contribution in [0.5, 0.6) is 0 Å². The second-order valence-corrected chi connectivity index (χ2v) is 2.81. The van der Waals surface area contributed by atoms with E-state index in [9.17, 15) is 22.8 Å². The fraction of sp³-hybridized carbons (Fsp3) is 0.375. The smallest absolute Gasteiger partial charge is 0.264 e. The molecule has 0 saturated carbocycles. The van der Waals surface area contributed by atoms with Gasteiger partial charge in [-0.3, -0.25) is 4.79 Å².